The van der Waals surface area contributed by atoms with Crippen LogP contribution < -0.4 is 4.90 Å². The van der Waals surface area contributed by atoms with Gasteiger partial charge in [0.1, 0.15) is 0 Å². The number of anilines is 1. The van der Waals surface area contributed by atoms with Gasteiger partial charge in [0.25, 0.3) is 0 Å². The molecule has 112 valence electrons. The first-order valence-corrected chi connectivity index (χ1v) is 8.47. The maximum atomic E-state index is 4.71. The van der Waals surface area contributed by atoms with Gasteiger partial charge in [0.2, 0.25) is 5.95 Å². The molecule has 0 aliphatic heterocycles. The van der Waals surface area contributed by atoms with Crippen LogP contribution in [0.2, 0.25) is 0 Å². The quantitative estimate of drug-likeness (QED) is 0.719. The van der Waals surface area contributed by atoms with E-state index in [0.29, 0.717) is 5.95 Å². The molecule has 0 fully saturated rings. The minimum atomic E-state index is 0.715. The van der Waals surface area contributed by atoms with Gasteiger partial charge in [0.05, 0.1) is 11.4 Å². The van der Waals surface area contributed by atoms with E-state index in [9.17, 15) is 0 Å². The van der Waals surface area contributed by atoms with Crippen LogP contribution in [0.25, 0.3) is 0 Å². The lowest BCUT2D eigenvalue weighted by molar-refractivity contribution is 0.741. The molecule has 0 spiro atoms. The van der Waals surface area contributed by atoms with Crippen molar-refractivity contribution in [2.45, 2.75) is 33.2 Å². The highest BCUT2D eigenvalue weighted by atomic mass is 79.9. The van der Waals surface area contributed by atoms with Crippen LogP contribution >= 0.6 is 15.9 Å². The molecule has 21 heavy (non-hydrogen) atoms. The van der Waals surface area contributed by atoms with E-state index >= 15 is 0 Å². The second-order valence-corrected chi connectivity index (χ2v) is 5.60. The SMILES string of the molecule is CCc1nnc(N(CCBr)Cc2ccccc2)nc1CC. The molecule has 1 aromatic heterocycles. The summed E-state index contributed by atoms with van der Waals surface area (Å²) in [5, 5.41) is 9.54. The van der Waals surface area contributed by atoms with Gasteiger partial charge in [-0.1, -0.05) is 60.1 Å². The van der Waals surface area contributed by atoms with Gasteiger partial charge >= 0.3 is 0 Å². The number of alkyl halides is 1. The topological polar surface area (TPSA) is 41.9 Å². The molecule has 4 nitrogen and oxygen atoms in total. The molecule has 5 heteroatoms. The van der Waals surface area contributed by atoms with Gasteiger partial charge in [-0.15, -0.1) is 5.10 Å². The summed E-state index contributed by atoms with van der Waals surface area (Å²) in [7, 11) is 0. The van der Waals surface area contributed by atoms with Crippen molar-refractivity contribution in [2.24, 2.45) is 0 Å². The van der Waals surface area contributed by atoms with Crippen LogP contribution in [0.5, 0.6) is 0 Å². The summed E-state index contributed by atoms with van der Waals surface area (Å²) in [5.74, 6) is 0.715. The molecule has 0 atom stereocenters. The standard InChI is InChI=1S/C16H21BrN4/c1-3-14-15(4-2)19-20-16(18-14)21(11-10-17)12-13-8-6-5-7-9-13/h5-9H,3-4,10-12H2,1-2H3. The number of hydrogen-bond acceptors (Lipinski definition) is 4. The van der Waals surface area contributed by atoms with Crippen molar-refractivity contribution in [2.75, 3.05) is 16.8 Å². The molecule has 0 aliphatic rings. The fourth-order valence-corrected chi connectivity index (χ4v) is 2.65. The van der Waals surface area contributed by atoms with E-state index in [1.54, 1.807) is 0 Å². The van der Waals surface area contributed by atoms with Gasteiger partial charge in [-0.05, 0) is 18.4 Å². The van der Waals surface area contributed by atoms with Crippen molar-refractivity contribution in [1.82, 2.24) is 15.2 Å². The van der Waals surface area contributed by atoms with Crippen molar-refractivity contribution < 1.29 is 0 Å². The highest BCUT2D eigenvalue weighted by Gasteiger charge is 2.13. The molecular weight excluding hydrogens is 328 g/mol. The van der Waals surface area contributed by atoms with E-state index in [-0.39, 0.29) is 0 Å². The third-order valence-corrected chi connectivity index (χ3v) is 3.71. The summed E-state index contributed by atoms with van der Waals surface area (Å²) >= 11 is 3.51. The van der Waals surface area contributed by atoms with Crippen LogP contribution in [0.1, 0.15) is 30.8 Å². The van der Waals surface area contributed by atoms with E-state index in [0.717, 1.165) is 42.6 Å². The first-order chi connectivity index (χ1) is 10.3. The van der Waals surface area contributed by atoms with Crippen molar-refractivity contribution in [3.63, 3.8) is 0 Å². The molecule has 0 N–H and O–H groups in total. The number of benzene rings is 1. The highest BCUT2D eigenvalue weighted by molar-refractivity contribution is 9.09. The molecule has 2 rings (SSSR count). The Kier molecular flexibility index (Phi) is 6.11. The maximum absolute atomic E-state index is 4.71. The molecule has 0 aliphatic carbocycles. The summed E-state index contributed by atoms with van der Waals surface area (Å²) in [6.07, 6.45) is 1.76. The Morgan fingerprint density at radius 3 is 2.33 bits per heavy atom. The molecule has 1 heterocycles. The molecule has 2 aromatic rings. The molecule has 0 bridgehead atoms. The zero-order chi connectivity index (χ0) is 15.1. The van der Waals surface area contributed by atoms with Crippen molar-refractivity contribution in [1.29, 1.82) is 0 Å². The second kappa shape index (κ2) is 8.08. The maximum Gasteiger partial charge on any atom is 0.245 e. The predicted octanol–water partition coefficient (Wildman–Crippen LogP) is 3.40. The fourth-order valence-electron chi connectivity index (χ4n) is 2.22. The first kappa shape index (κ1) is 15.9. The van der Waals surface area contributed by atoms with E-state index in [1.165, 1.54) is 5.56 Å². The van der Waals surface area contributed by atoms with E-state index in [4.69, 9.17) is 4.98 Å². The Morgan fingerprint density at radius 1 is 1.00 bits per heavy atom. The number of hydrogen-bond donors (Lipinski definition) is 0. The molecule has 0 amide bonds. The fraction of sp³-hybridized carbons (Fsp3) is 0.438. The minimum Gasteiger partial charge on any atom is -0.334 e. The molecule has 0 radical (unpaired) electrons. The Morgan fingerprint density at radius 2 is 1.71 bits per heavy atom. The monoisotopic (exact) mass is 348 g/mol. The zero-order valence-electron chi connectivity index (χ0n) is 12.6. The molecular formula is C16H21BrN4. The number of rotatable bonds is 7. The van der Waals surface area contributed by atoms with Gasteiger partial charge in [0, 0.05) is 18.4 Å². The summed E-state index contributed by atoms with van der Waals surface area (Å²) in [6.45, 7) is 5.84. The minimum absolute atomic E-state index is 0.715. The van der Waals surface area contributed by atoms with Crippen LogP contribution in [0, 0.1) is 0 Å². The Balaban J connectivity index is 2.25. The van der Waals surface area contributed by atoms with Gasteiger partial charge in [-0.3, -0.25) is 0 Å². The average Bonchev–Trinajstić information content (AvgIpc) is 2.54. The first-order valence-electron chi connectivity index (χ1n) is 7.35. The Hall–Kier alpha value is -1.49. The molecule has 0 unspecified atom stereocenters. The number of halogens is 1. The lowest BCUT2D eigenvalue weighted by atomic mass is 10.2. The van der Waals surface area contributed by atoms with Crippen molar-refractivity contribution in [3.05, 3.63) is 47.3 Å². The van der Waals surface area contributed by atoms with Crippen LogP contribution in [-0.2, 0) is 19.4 Å². The Labute approximate surface area is 134 Å². The van der Waals surface area contributed by atoms with Gasteiger partial charge in [0.15, 0.2) is 0 Å². The van der Waals surface area contributed by atoms with E-state index < -0.39 is 0 Å². The average molecular weight is 349 g/mol. The molecule has 0 saturated carbocycles. The number of aromatic nitrogens is 3. The number of nitrogens with zero attached hydrogens (tertiary/aromatic N) is 4. The second-order valence-electron chi connectivity index (χ2n) is 4.81. The van der Waals surface area contributed by atoms with E-state index in [1.807, 2.05) is 6.07 Å². The number of aryl methyl sites for hydroxylation is 2. The summed E-state index contributed by atoms with van der Waals surface area (Å²) in [6, 6.07) is 10.4. The van der Waals surface area contributed by atoms with Gasteiger partial charge in [-0.25, -0.2) is 4.98 Å². The van der Waals surface area contributed by atoms with Crippen LogP contribution in [0.3, 0.4) is 0 Å². The van der Waals surface area contributed by atoms with Crippen molar-refractivity contribution in [3.8, 4) is 0 Å². The van der Waals surface area contributed by atoms with Crippen molar-refractivity contribution >= 4 is 21.9 Å². The third-order valence-electron chi connectivity index (χ3n) is 3.35. The predicted molar refractivity (Wildman–Crippen MR) is 89.9 cm³/mol. The van der Waals surface area contributed by atoms with Gasteiger partial charge in [-0.2, -0.15) is 5.10 Å². The largest absolute Gasteiger partial charge is 0.334 e. The lowest BCUT2D eigenvalue weighted by Gasteiger charge is -2.22. The summed E-state index contributed by atoms with van der Waals surface area (Å²) < 4.78 is 0. The highest BCUT2D eigenvalue weighted by Crippen LogP contribution is 2.14. The third kappa shape index (κ3) is 4.24. The summed E-state index contributed by atoms with van der Waals surface area (Å²) in [4.78, 5) is 6.87. The zero-order valence-corrected chi connectivity index (χ0v) is 14.2. The van der Waals surface area contributed by atoms with Crippen LogP contribution in [-0.4, -0.2) is 27.1 Å². The lowest BCUT2D eigenvalue weighted by Crippen LogP contribution is -2.27. The smallest absolute Gasteiger partial charge is 0.245 e. The van der Waals surface area contributed by atoms with Gasteiger partial charge < -0.3 is 4.90 Å². The molecule has 0 saturated heterocycles. The Bertz CT molecular complexity index is 559. The van der Waals surface area contributed by atoms with Crippen LogP contribution in [0.4, 0.5) is 5.95 Å². The molecule has 1 aromatic carbocycles. The summed E-state index contributed by atoms with van der Waals surface area (Å²) in [5.41, 5.74) is 3.30. The van der Waals surface area contributed by atoms with Crippen LogP contribution in [0.15, 0.2) is 30.3 Å². The normalized spacial score (nSPS) is 10.6. The van der Waals surface area contributed by atoms with E-state index in [2.05, 4.69) is 69.1 Å².